The first kappa shape index (κ1) is 38.9. The Balaban J connectivity index is 0.844. The number of hydrogen-bond acceptors (Lipinski definition) is 4. The van der Waals surface area contributed by atoms with E-state index in [9.17, 15) is 0 Å². The monoisotopic (exact) mass is 846 g/mol. The van der Waals surface area contributed by atoms with Gasteiger partial charge in [0.25, 0.3) is 0 Å². The molecule has 0 aliphatic rings. The molecule has 0 N–H and O–H groups in total. The highest BCUT2D eigenvalue weighted by Crippen LogP contribution is 2.37. The highest BCUT2D eigenvalue weighted by atomic mass is 15.1. The van der Waals surface area contributed by atoms with E-state index in [-0.39, 0.29) is 0 Å². The molecule has 6 nitrogen and oxygen atoms in total. The van der Waals surface area contributed by atoms with Gasteiger partial charge in [-0.2, -0.15) is 0 Å². The van der Waals surface area contributed by atoms with Gasteiger partial charge in [-0.05, 0) is 95.8 Å². The molecule has 6 heteroatoms. The van der Waals surface area contributed by atoms with Crippen molar-refractivity contribution in [3.8, 4) is 78.9 Å². The van der Waals surface area contributed by atoms with Crippen LogP contribution in [-0.2, 0) is 0 Å². The fraction of sp³-hybridized carbons (Fsp3) is 0.0333. The molecule has 12 aromatic rings. The second-order valence-electron chi connectivity index (χ2n) is 16.8. The molecule has 9 aromatic carbocycles. The third-order valence-electron chi connectivity index (χ3n) is 12.6. The zero-order chi connectivity index (χ0) is 44.1. The third-order valence-corrected chi connectivity index (χ3v) is 12.6. The number of benzene rings is 9. The molecule has 0 atom stereocenters. The first-order valence-electron chi connectivity index (χ1n) is 22.3. The van der Waals surface area contributed by atoms with Gasteiger partial charge < -0.3 is 0 Å². The lowest BCUT2D eigenvalue weighted by atomic mass is 9.97. The van der Waals surface area contributed by atoms with Crippen molar-refractivity contribution in [2.75, 3.05) is 0 Å². The zero-order valence-electron chi connectivity index (χ0n) is 36.5. The number of aromatic nitrogens is 6. The predicted octanol–water partition coefficient (Wildman–Crippen LogP) is 14.9. The number of rotatable bonds is 8. The molecule has 12 rings (SSSR count). The van der Waals surface area contributed by atoms with Crippen molar-refractivity contribution in [2.24, 2.45) is 0 Å². The molecular formula is C60H42N6. The van der Waals surface area contributed by atoms with Gasteiger partial charge in [0.2, 0.25) is 0 Å². The van der Waals surface area contributed by atoms with Gasteiger partial charge in [-0.3, -0.25) is 9.13 Å². The summed E-state index contributed by atoms with van der Waals surface area (Å²) in [6.45, 7) is 4.30. The maximum atomic E-state index is 5.22. The zero-order valence-corrected chi connectivity index (χ0v) is 36.5. The number of nitrogens with zero attached hydrogens (tertiary/aromatic N) is 6. The topological polar surface area (TPSA) is 61.4 Å². The van der Waals surface area contributed by atoms with Crippen molar-refractivity contribution >= 4 is 33.1 Å². The van der Waals surface area contributed by atoms with Crippen molar-refractivity contribution in [1.82, 2.24) is 29.1 Å². The van der Waals surface area contributed by atoms with Gasteiger partial charge in [-0.15, -0.1) is 0 Å². The van der Waals surface area contributed by atoms with Crippen molar-refractivity contribution in [2.45, 2.75) is 13.8 Å². The SMILES string of the molecule is Cc1cccc2nc(-c3ccc(-c4ccc(-c5nc6ccccc6nc5-c5ccc(-c6ccc(-c7nc8cccc(C)c8n7-c7ccccc7)cc6)cc5)cc4)cc3)n(-c3ccccc3)c12. The van der Waals surface area contributed by atoms with Crippen molar-refractivity contribution in [1.29, 1.82) is 0 Å². The average Bonchev–Trinajstić information content (AvgIpc) is 3.98. The van der Waals surface area contributed by atoms with E-state index in [4.69, 9.17) is 19.9 Å². The smallest absolute Gasteiger partial charge is 0.145 e. The highest BCUT2D eigenvalue weighted by molar-refractivity contribution is 5.90. The number of para-hydroxylation sites is 6. The molecule has 0 radical (unpaired) electrons. The number of imidazole rings is 2. The van der Waals surface area contributed by atoms with Crippen molar-refractivity contribution in [3.63, 3.8) is 0 Å². The summed E-state index contributed by atoms with van der Waals surface area (Å²) in [7, 11) is 0. The summed E-state index contributed by atoms with van der Waals surface area (Å²) in [5.74, 6) is 1.85. The quantitative estimate of drug-likeness (QED) is 0.153. The molecule has 312 valence electrons. The van der Waals surface area contributed by atoms with Crippen LogP contribution in [0.25, 0.3) is 112 Å². The second-order valence-corrected chi connectivity index (χ2v) is 16.8. The Labute approximate surface area is 382 Å². The van der Waals surface area contributed by atoms with Crippen LogP contribution in [0.1, 0.15) is 11.1 Å². The van der Waals surface area contributed by atoms with E-state index in [2.05, 4.69) is 205 Å². The summed E-state index contributed by atoms with van der Waals surface area (Å²) in [6, 6.07) is 76.5. The first-order chi connectivity index (χ1) is 32.5. The largest absolute Gasteiger partial charge is 0.292 e. The maximum Gasteiger partial charge on any atom is 0.145 e. The summed E-state index contributed by atoms with van der Waals surface area (Å²) in [4.78, 5) is 20.7. The molecule has 0 spiro atoms. The van der Waals surface area contributed by atoms with Crippen LogP contribution in [0.3, 0.4) is 0 Å². The fourth-order valence-electron chi connectivity index (χ4n) is 9.30. The molecule has 0 aliphatic heterocycles. The Bertz CT molecular complexity index is 3470. The summed E-state index contributed by atoms with van der Waals surface area (Å²) in [5.41, 5.74) is 20.8. The normalized spacial score (nSPS) is 11.5. The Morgan fingerprint density at radius 1 is 0.258 bits per heavy atom. The van der Waals surface area contributed by atoms with Gasteiger partial charge in [-0.1, -0.05) is 170 Å². The number of fused-ring (bicyclic) bond motifs is 3. The van der Waals surface area contributed by atoms with Gasteiger partial charge in [0, 0.05) is 33.6 Å². The minimum atomic E-state index is 0.847. The van der Waals surface area contributed by atoms with Crippen LogP contribution in [0.2, 0.25) is 0 Å². The molecule has 3 aromatic heterocycles. The molecular weight excluding hydrogens is 805 g/mol. The standard InChI is InChI=1S/C60H42N6/c1-39-13-11-21-53-57(39)65(49-15-5-3-6-16-49)59(63-53)47-35-27-43(28-36-47)41-23-31-45(32-24-41)55-56(62-52-20-10-9-19-51(52)61-55)46-33-25-42(26-34-46)44-29-37-48(38-30-44)60-64-54-22-12-14-40(2)58(54)66(60)50-17-7-4-8-18-50/h3-38H,1-2H3. The lowest BCUT2D eigenvalue weighted by Gasteiger charge is -2.13. The molecule has 0 aliphatic carbocycles. The van der Waals surface area contributed by atoms with E-state index < -0.39 is 0 Å². The molecule has 0 amide bonds. The Hall–Kier alpha value is -8.74. The molecule has 0 fully saturated rings. The van der Waals surface area contributed by atoms with Crippen LogP contribution in [0.15, 0.2) is 218 Å². The first-order valence-corrected chi connectivity index (χ1v) is 22.3. The Morgan fingerprint density at radius 2 is 0.561 bits per heavy atom. The summed E-state index contributed by atoms with van der Waals surface area (Å²) in [6.07, 6.45) is 0. The van der Waals surface area contributed by atoms with E-state index in [1.807, 2.05) is 36.4 Å². The van der Waals surface area contributed by atoms with Gasteiger partial charge in [0.15, 0.2) is 0 Å². The van der Waals surface area contributed by atoms with E-state index in [0.717, 1.165) is 112 Å². The second kappa shape index (κ2) is 16.1. The lowest BCUT2D eigenvalue weighted by molar-refractivity contribution is 1.10. The van der Waals surface area contributed by atoms with Gasteiger partial charge in [0.05, 0.1) is 44.5 Å². The molecule has 0 saturated heterocycles. The molecule has 0 saturated carbocycles. The van der Waals surface area contributed by atoms with Crippen molar-refractivity contribution < 1.29 is 0 Å². The van der Waals surface area contributed by atoms with E-state index in [0.29, 0.717) is 0 Å². The predicted molar refractivity (Wildman–Crippen MR) is 271 cm³/mol. The van der Waals surface area contributed by atoms with Crippen LogP contribution < -0.4 is 0 Å². The van der Waals surface area contributed by atoms with E-state index >= 15 is 0 Å². The molecule has 0 bridgehead atoms. The van der Waals surface area contributed by atoms with Gasteiger partial charge in [-0.25, -0.2) is 19.9 Å². The summed E-state index contributed by atoms with van der Waals surface area (Å²) < 4.78 is 4.54. The number of aryl methyl sites for hydroxylation is 2. The van der Waals surface area contributed by atoms with Crippen LogP contribution in [0, 0.1) is 13.8 Å². The van der Waals surface area contributed by atoms with Gasteiger partial charge in [0.1, 0.15) is 11.6 Å². The van der Waals surface area contributed by atoms with Crippen LogP contribution >= 0.6 is 0 Å². The average molecular weight is 847 g/mol. The maximum absolute atomic E-state index is 5.22. The minimum Gasteiger partial charge on any atom is -0.292 e. The molecule has 3 heterocycles. The Morgan fingerprint density at radius 3 is 0.924 bits per heavy atom. The third kappa shape index (κ3) is 6.84. The summed E-state index contributed by atoms with van der Waals surface area (Å²) in [5, 5.41) is 0. The van der Waals surface area contributed by atoms with Crippen LogP contribution in [-0.4, -0.2) is 29.1 Å². The fourth-order valence-corrected chi connectivity index (χ4v) is 9.30. The van der Waals surface area contributed by atoms with Gasteiger partial charge >= 0.3 is 0 Å². The van der Waals surface area contributed by atoms with Crippen LogP contribution in [0.5, 0.6) is 0 Å². The molecule has 0 unspecified atom stereocenters. The summed E-state index contributed by atoms with van der Waals surface area (Å²) >= 11 is 0. The molecule has 66 heavy (non-hydrogen) atoms. The van der Waals surface area contributed by atoms with E-state index in [1.165, 1.54) is 11.1 Å². The minimum absolute atomic E-state index is 0.847. The number of hydrogen-bond donors (Lipinski definition) is 0. The van der Waals surface area contributed by atoms with Crippen molar-refractivity contribution in [3.05, 3.63) is 230 Å². The lowest BCUT2D eigenvalue weighted by Crippen LogP contribution is -1.98. The van der Waals surface area contributed by atoms with E-state index in [1.54, 1.807) is 0 Å². The highest BCUT2D eigenvalue weighted by Gasteiger charge is 2.19. The van der Waals surface area contributed by atoms with Crippen LogP contribution in [0.4, 0.5) is 0 Å². The Kier molecular flexibility index (Phi) is 9.50.